The first-order chi connectivity index (χ1) is 16.8. The molecular formula is C27H34F5NO3S. The van der Waals surface area contributed by atoms with Crippen LogP contribution in [0.3, 0.4) is 0 Å². The van der Waals surface area contributed by atoms with Crippen molar-refractivity contribution in [2.24, 2.45) is 11.3 Å². The highest BCUT2D eigenvalue weighted by atomic mass is 32.5. The Hall–Kier alpha value is -1.75. The Bertz CT molecular complexity index is 1250. The fourth-order valence-electron chi connectivity index (χ4n) is 6.36. The number of aliphatic hydroxyl groups is 1. The number of rotatable bonds is 3. The molecule has 3 aliphatic rings. The van der Waals surface area contributed by atoms with Gasteiger partial charge in [0.15, 0.2) is 0 Å². The Balaban J connectivity index is 1.76. The summed E-state index contributed by atoms with van der Waals surface area (Å²) in [7, 11) is -9.81. The lowest BCUT2D eigenvalue weighted by atomic mass is 9.68. The van der Waals surface area contributed by atoms with Crippen molar-refractivity contribution >= 4 is 10.2 Å². The van der Waals surface area contributed by atoms with Gasteiger partial charge < -0.3 is 14.6 Å². The van der Waals surface area contributed by atoms with E-state index in [9.17, 15) is 24.5 Å². The average molecular weight is 548 g/mol. The molecule has 0 radical (unpaired) electrons. The Morgan fingerprint density at radius 3 is 2.27 bits per heavy atom. The topological polar surface area (TPSA) is 51.6 Å². The number of hydrogen-bond donors (Lipinski definition) is 1. The summed E-state index contributed by atoms with van der Waals surface area (Å²) in [6.07, 6.45) is 0.146. The number of hydrogen-bond acceptors (Lipinski definition) is 4. The van der Waals surface area contributed by atoms with Crippen LogP contribution in [0.2, 0.25) is 0 Å². The highest BCUT2D eigenvalue weighted by Gasteiger charge is 2.65. The third-order valence-corrected chi connectivity index (χ3v) is 9.24. The van der Waals surface area contributed by atoms with Crippen LogP contribution in [0.25, 0.3) is 0 Å². The lowest BCUT2D eigenvalue weighted by Gasteiger charge is -2.43. The number of ether oxygens (including phenoxy) is 2. The van der Waals surface area contributed by atoms with E-state index in [-0.39, 0.29) is 17.3 Å². The average Bonchev–Trinajstić information content (AvgIpc) is 3.08. The van der Waals surface area contributed by atoms with E-state index in [1.54, 1.807) is 0 Å². The van der Waals surface area contributed by atoms with Crippen molar-refractivity contribution in [3.63, 3.8) is 0 Å². The summed E-state index contributed by atoms with van der Waals surface area (Å²) in [6.45, 7) is 11.0. The molecule has 10 heteroatoms. The molecule has 1 saturated heterocycles. The van der Waals surface area contributed by atoms with Crippen molar-refractivity contribution in [1.82, 2.24) is 4.98 Å². The minimum Gasteiger partial charge on any atom is -0.388 e. The van der Waals surface area contributed by atoms with Crippen LogP contribution >= 0.6 is 10.2 Å². The van der Waals surface area contributed by atoms with E-state index in [0.29, 0.717) is 50.2 Å². The third kappa shape index (κ3) is 4.47. The predicted octanol–water partition coefficient (Wildman–Crippen LogP) is 8.24. The molecule has 5 rings (SSSR count). The molecule has 4 atom stereocenters. The number of benzene rings is 1. The van der Waals surface area contributed by atoms with Crippen molar-refractivity contribution in [2.45, 2.75) is 82.5 Å². The van der Waals surface area contributed by atoms with Crippen LogP contribution in [0, 0.1) is 11.3 Å². The van der Waals surface area contributed by atoms with E-state index in [2.05, 4.69) is 13.8 Å². The molecule has 3 heterocycles. The molecule has 2 aromatic rings. The highest BCUT2D eigenvalue weighted by Crippen LogP contribution is 3.02. The zero-order valence-corrected chi connectivity index (χ0v) is 22.5. The Morgan fingerprint density at radius 2 is 1.70 bits per heavy atom. The van der Waals surface area contributed by atoms with Crippen LogP contribution in [-0.4, -0.2) is 23.3 Å². The Morgan fingerprint density at radius 1 is 1.05 bits per heavy atom. The second-order valence-corrected chi connectivity index (χ2v) is 14.4. The maximum Gasteiger partial charge on any atom is 0.310 e. The van der Waals surface area contributed by atoms with Gasteiger partial charge in [0.25, 0.3) is 0 Å². The largest absolute Gasteiger partial charge is 0.388 e. The monoisotopic (exact) mass is 547 g/mol. The molecule has 2 aliphatic heterocycles. The van der Waals surface area contributed by atoms with Gasteiger partial charge >= 0.3 is 10.2 Å². The summed E-state index contributed by atoms with van der Waals surface area (Å²) in [5, 5.41) is 11.4. The second kappa shape index (κ2) is 7.67. The molecule has 1 aromatic carbocycles. The van der Waals surface area contributed by atoms with Crippen molar-refractivity contribution < 1.29 is 34.0 Å². The van der Waals surface area contributed by atoms with Gasteiger partial charge in [-0.15, -0.1) is 0 Å². The van der Waals surface area contributed by atoms with Gasteiger partial charge in [-0.25, -0.2) is 0 Å². The standard InChI is InChI=1S/C27H34F5NO3S/c1-15(2)24-22-23(21-19(33-24)12-26(4,5)13-20(21)34)27(10-11-35-14-16(27)3)36-25(22)17-6-8-18(9-7-17)37(28,29,30,31)32/h6-9,15-16,20,25,34H,10-14H2,1-5H3/t16?,20-,25+,27?/m0/s1. The van der Waals surface area contributed by atoms with E-state index in [0.717, 1.165) is 40.2 Å². The molecule has 1 aliphatic carbocycles. The van der Waals surface area contributed by atoms with Gasteiger partial charge in [-0.3, -0.25) is 4.98 Å². The van der Waals surface area contributed by atoms with Gasteiger partial charge in [0, 0.05) is 41.5 Å². The Kier molecular flexibility index (Phi) is 5.57. The Labute approximate surface area is 214 Å². The van der Waals surface area contributed by atoms with E-state index >= 15 is 0 Å². The fourth-order valence-corrected chi connectivity index (χ4v) is 7.01. The zero-order chi connectivity index (χ0) is 27.2. The number of aromatic nitrogens is 1. The van der Waals surface area contributed by atoms with Gasteiger partial charge in [-0.2, -0.15) is 0 Å². The molecule has 2 unspecified atom stereocenters. The first kappa shape index (κ1) is 26.8. The number of pyridine rings is 1. The molecular weight excluding hydrogens is 513 g/mol. The smallest absolute Gasteiger partial charge is 0.310 e. The van der Waals surface area contributed by atoms with E-state index in [1.807, 2.05) is 20.8 Å². The minimum absolute atomic E-state index is 0.0402. The van der Waals surface area contributed by atoms with E-state index < -0.39 is 32.9 Å². The maximum atomic E-state index is 13.4. The van der Waals surface area contributed by atoms with Crippen LogP contribution in [0.1, 0.15) is 99.2 Å². The van der Waals surface area contributed by atoms with Crippen LogP contribution in [-0.2, 0) is 21.5 Å². The molecule has 206 valence electrons. The first-order valence-electron chi connectivity index (χ1n) is 12.7. The number of nitrogens with zero attached hydrogens (tertiary/aromatic N) is 1. The minimum atomic E-state index is -9.81. The summed E-state index contributed by atoms with van der Waals surface area (Å²) in [5.74, 6) is -0.149. The van der Waals surface area contributed by atoms with Crippen LogP contribution in [0.5, 0.6) is 0 Å². The molecule has 37 heavy (non-hydrogen) atoms. The number of aliphatic hydroxyl groups excluding tert-OH is 1. The lowest BCUT2D eigenvalue weighted by molar-refractivity contribution is -0.157. The molecule has 4 nitrogen and oxygen atoms in total. The van der Waals surface area contributed by atoms with Gasteiger partial charge in [0.1, 0.15) is 16.6 Å². The van der Waals surface area contributed by atoms with Gasteiger partial charge in [-0.1, -0.05) is 66.2 Å². The molecule has 0 amide bonds. The maximum absolute atomic E-state index is 13.4. The van der Waals surface area contributed by atoms with Crippen molar-refractivity contribution in [3.05, 3.63) is 57.9 Å². The van der Waals surface area contributed by atoms with E-state index in [4.69, 9.17) is 14.5 Å². The molecule has 1 aromatic heterocycles. The summed E-state index contributed by atoms with van der Waals surface area (Å²) < 4.78 is 79.6. The van der Waals surface area contributed by atoms with Gasteiger partial charge in [-0.05, 0) is 47.4 Å². The molecule has 1 spiro atoms. The van der Waals surface area contributed by atoms with E-state index in [1.165, 1.54) is 0 Å². The molecule has 1 N–H and O–H groups in total. The normalized spacial score (nSPS) is 31.1. The summed E-state index contributed by atoms with van der Waals surface area (Å²) in [5.41, 5.74) is 3.28. The highest BCUT2D eigenvalue weighted by molar-refractivity contribution is 8.45. The van der Waals surface area contributed by atoms with Crippen LogP contribution < -0.4 is 0 Å². The number of halogens is 5. The quantitative estimate of drug-likeness (QED) is 0.393. The number of fused-ring (bicyclic) bond motifs is 4. The van der Waals surface area contributed by atoms with Crippen molar-refractivity contribution in [3.8, 4) is 0 Å². The lowest BCUT2D eigenvalue weighted by Crippen LogP contribution is -2.43. The SMILES string of the molecule is CC(C)c1nc2c(c3c1[C@@H](c1ccc(S(F)(F)(F)(F)F)cc1)OC31CCOCC1C)[C@@H](O)CC(C)(C)C2. The van der Waals surface area contributed by atoms with Crippen molar-refractivity contribution in [1.29, 1.82) is 0 Å². The van der Waals surface area contributed by atoms with Gasteiger partial charge in [0.2, 0.25) is 0 Å². The van der Waals surface area contributed by atoms with Gasteiger partial charge in [0.05, 0.1) is 12.7 Å². The fraction of sp³-hybridized carbons (Fsp3) is 0.593. The van der Waals surface area contributed by atoms with Crippen molar-refractivity contribution in [2.75, 3.05) is 13.2 Å². The van der Waals surface area contributed by atoms with Crippen LogP contribution in [0.15, 0.2) is 29.2 Å². The summed E-state index contributed by atoms with van der Waals surface area (Å²) in [6, 6.07) is 3.04. The third-order valence-electron chi connectivity index (χ3n) is 8.08. The zero-order valence-electron chi connectivity index (χ0n) is 21.7. The second-order valence-electron chi connectivity index (χ2n) is 12.0. The first-order valence-corrected chi connectivity index (χ1v) is 14.6. The molecule has 0 saturated carbocycles. The predicted molar refractivity (Wildman–Crippen MR) is 132 cm³/mol. The molecule has 1 fully saturated rings. The van der Waals surface area contributed by atoms with Crippen LogP contribution in [0.4, 0.5) is 19.4 Å². The summed E-state index contributed by atoms with van der Waals surface area (Å²) in [4.78, 5) is 3.09. The molecule has 0 bridgehead atoms. The summed E-state index contributed by atoms with van der Waals surface area (Å²) >= 11 is 0.